The number of hydrogen-bond acceptors (Lipinski definition) is 4. The molecule has 1 aliphatic heterocycles. The van der Waals surface area contributed by atoms with Crippen LogP contribution in [0.4, 0.5) is 0 Å². The van der Waals surface area contributed by atoms with E-state index in [2.05, 4.69) is 23.1 Å². The van der Waals surface area contributed by atoms with Crippen molar-refractivity contribution in [3.8, 4) is 5.75 Å². The molecule has 4 nitrogen and oxygen atoms in total. The van der Waals surface area contributed by atoms with Crippen molar-refractivity contribution in [2.45, 2.75) is 32.0 Å². The van der Waals surface area contributed by atoms with E-state index in [1.807, 2.05) is 0 Å². The molecule has 1 fully saturated rings. The molecule has 1 aromatic carbocycles. The molecule has 19 heavy (non-hydrogen) atoms. The van der Waals surface area contributed by atoms with Crippen molar-refractivity contribution < 1.29 is 9.47 Å². The van der Waals surface area contributed by atoms with Crippen LogP contribution in [0.5, 0.6) is 5.75 Å². The third-order valence-corrected chi connectivity index (χ3v) is 3.85. The molecule has 4 heteroatoms. The topological polar surface area (TPSA) is 47.7 Å². The zero-order chi connectivity index (χ0) is 13.7. The van der Waals surface area contributed by atoms with Crippen LogP contribution in [0.25, 0.3) is 0 Å². The zero-order valence-corrected chi connectivity index (χ0v) is 11.9. The number of benzene rings is 1. The SMILES string of the molecule is COc1cc(CN2CCC(OC)CC2)ccc1CN. The highest BCUT2D eigenvalue weighted by molar-refractivity contribution is 5.37. The second-order valence-electron chi connectivity index (χ2n) is 5.06. The molecular formula is C15H24N2O2. The maximum atomic E-state index is 5.69. The molecule has 0 unspecified atom stereocenters. The molecular weight excluding hydrogens is 240 g/mol. The summed E-state index contributed by atoms with van der Waals surface area (Å²) in [4.78, 5) is 2.46. The molecule has 1 aromatic rings. The highest BCUT2D eigenvalue weighted by Crippen LogP contribution is 2.22. The lowest BCUT2D eigenvalue weighted by molar-refractivity contribution is 0.0388. The summed E-state index contributed by atoms with van der Waals surface area (Å²) >= 11 is 0. The second-order valence-corrected chi connectivity index (χ2v) is 5.06. The van der Waals surface area contributed by atoms with E-state index in [0.717, 1.165) is 43.8 Å². The van der Waals surface area contributed by atoms with Crippen molar-refractivity contribution in [3.63, 3.8) is 0 Å². The average Bonchev–Trinajstić information content (AvgIpc) is 2.48. The quantitative estimate of drug-likeness (QED) is 0.880. The highest BCUT2D eigenvalue weighted by atomic mass is 16.5. The molecule has 0 spiro atoms. The molecule has 0 bridgehead atoms. The fourth-order valence-electron chi connectivity index (χ4n) is 2.62. The third-order valence-electron chi connectivity index (χ3n) is 3.85. The molecule has 1 aliphatic rings. The fraction of sp³-hybridized carbons (Fsp3) is 0.600. The first-order valence-electron chi connectivity index (χ1n) is 6.87. The van der Waals surface area contributed by atoms with Crippen LogP contribution in [0.2, 0.25) is 0 Å². The largest absolute Gasteiger partial charge is 0.496 e. The van der Waals surface area contributed by atoms with Crippen LogP contribution in [0.1, 0.15) is 24.0 Å². The van der Waals surface area contributed by atoms with Gasteiger partial charge < -0.3 is 15.2 Å². The molecule has 0 aromatic heterocycles. The minimum atomic E-state index is 0.436. The summed E-state index contributed by atoms with van der Waals surface area (Å²) in [6, 6.07) is 6.31. The van der Waals surface area contributed by atoms with Gasteiger partial charge in [0, 0.05) is 38.9 Å². The fourth-order valence-corrected chi connectivity index (χ4v) is 2.62. The maximum absolute atomic E-state index is 5.69. The van der Waals surface area contributed by atoms with Crippen LogP contribution >= 0.6 is 0 Å². The molecule has 0 aliphatic carbocycles. The van der Waals surface area contributed by atoms with Gasteiger partial charge in [-0.25, -0.2) is 0 Å². The minimum absolute atomic E-state index is 0.436. The number of hydrogen-bond donors (Lipinski definition) is 1. The predicted octanol–water partition coefficient (Wildman–Crippen LogP) is 1.76. The Morgan fingerprint density at radius 3 is 2.58 bits per heavy atom. The first kappa shape index (κ1) is 14.3. The number of nitrogens with two attached hydrogens (primary N) is 1. The van der Waals surface area contributed by atoms with Crippen molar-refractivity contribution in [2.75, 3.05) is 27.3 Å². The zero-order valence-electron chi connectivity index (χ0n) is 11.9. The molecule has 0 amide bonds. The lowest BCUT2D eigenvalue weighted by Crippen LogP contribution is -2.36. The Labute approximate surface area is 115 Å². The van der Waals surface area contributed by atoms with Gasteiger partial charge in [0.05, 0.1) is 13.2 Å². The number of rotatable bonds is 5. The number of piperidine rings is 1. The van der Waals surface area contributed by atoms with Gasteiger partial charge in [0.1, 0.15) is 5.75 Å². The molecule has 106 valence electrons. The van der Waals surface area contributed by atoms with Gasteiger partial charge >= 0.3 is 0 Å². The lowest BCUT2D eigenvalue weighted by Gasteiger charge is -2.31. The molecule has 1 heterocycles. The first-order chi connectivity index (χ1) is 9.26. The normalized spacial score (nSPS) is 17.6. The number of likely N-dealkylation sites (tertiary alicyclic amines) is 1. The molecule has 0 atom stereocenters. The van der Waals surface area contributed by atoms with Crippen LogP contribution < -0.4 is 10.5 Å². The lowest BCUT2D eigenvalue weighted by atomic mass is 10.1. The Bertz CT molecular complexity index is 401. The van der Waals surface area contributed by atoms with Crippen molar-refractivity contribution in [1.82, 2.24) is 4.90 Å². The van der Waals surface area contributed by atoms with E-state index in [0.29, 0.717) is 12.6 Å². The van der Waals surface area contributed by atoms with Crippen molar-refractivity contribution >= 4 is 0 Å². The van der Waals surface area contributed by atoms with Gasteiger partial charge in [-0.2, -0.15) is 0 Å². The summed E-state index contributed by atoms with van der Waals surface area (Å²) in [5, 5.41) is 0. The highest BCUT2D eigenvalue weighted by Gasteiger charge is 2.18. The average molecular weight is 264 g/mol. The summed E-state index contributed by atoms with van der Waals surface area (Å²) in [5.41, 5.74) is 8.03. The van der Waals surface area contributed by atoms with Crippen LogP contribution in [0, 0.1) is 0 Å². The van der Waals surface area contributed by atoms with E-state index >= 15 is 0 Å². The Morgan fingerprint density at radius 2 is 2.00 bits per heavy atom. The Hall–Kier alpha value is -1.10. The van der Waals surface area contributed by atoms with E-state index in [-0.39, 0.29) is 0 Å². The Kier molecular flexibility index (Phi) is 5.19. The number of ether oxygens (including phenoxy) is 2. The molecule has 2 N–H and O–H groups in total. The van der Waals surface area contributed by atoms with Crippen LogP contribution in [0.15, 0.2) is 18.2 Å². The van der Waals surface area contributed by atoms with E-state index in [4.69, 9.17) is 15.2 Å². The van der Waals surface area contributed by atoms with Gasteiger partial charge in [-0.1, -0.05) is 12.1 Å². The van der Waals surface area contributed by atoms with Crippen molar-refractivity contribution in [2.24, 2.45) is 5.73 Å². The van der Waals surface area contributed by atoms with Gasteiger partial charge in [-0.15, -0.1) is 0 Å². The van der Waals surface area contributed by atoms with Crippen molar-refractivity contribution in [3.05, 3.63) is 29.3 Å². The minimum Gasteiger partial charge on any atom is -0.496 e. The van der Waals surface area contributed by atoms with E-state index in [1.165, 1.54) is 5.56 Å². The molecule has 0 radical (unpaired) electrons. The van der Waals surface area contributed by atoms with Crippen LogP contribution in [0.3, 0.4) is 0 Å². The summed E-state index contributed by atoms with van der Waals surface area (Å²) < 4.78 is 10.8. The van der Waals surface area contributed by atoms with Gasteiger partial charge in [-0.3, -0.25) is 4.90 Å². The Morgan fingerprint density at radius 1 is 1.26 bits per heavy atom. The second kappa shape index (κ2) is 6.89. The maximum Gasteiger partial charge on any atom is 0.123 e. The van der Waals surface area contributed by atoms with E-state index < -0.39 is 0 Å². The summed E-state index contributed by atoms with van der Waals surface area (Å²) in [7, 11) is 3.50. The Balaban J connectivity index is 1.96. The van der Waals surface area contributed by atoms with Gasteiger partial charge in [0.15, 0.2) is 0 Å². The smallest absolute Gasteiger partial charge is 0.123 e. The van der Waals surface area contributed by atoms with Gasteiger partial charge in [0.25, 0.3) is 0 Å². The van der Waals surface area contributed by atoms with E-state index in [9.17, 15) is 0 Å². The standard InChI is InChI=1S/C15H24N2O2/c1-18-14-5-7-17(8-6-14)11-12-3-4-13(10-16)15(9-12)19-2/h3-4,9,14H,5-8,10-11,16H2,1-2H3. The molecule has 2 rings (SSSR count). The monoisotopic (exact) mass is 264 g/mol. The predicted molar refractivity (Wildman–Crippen MR) is 76.2 cm³/mol. The summed E-state index contributed by atoms with van der Waals surface area (Å²) in [6.07, 6.45) is 2.67. The van der Waals surface area contributed by atoms with Crippen LogP contribution in [-0.4, -0.2) is 38.3 Å². The van der Waals surface area contributed by atoms with Gasteiger partial charge in [0.2, 0.25) is 0 Å². The summed E-state index contributed by atoms with van der Waals surface area (Å²) in [5.74, 6) is 0.895. The van der Waals surface area contributed by atoms with Gasteiger partial charge in [-0.05, 0) is 24.5 Å². The first-order valence-corrected chi connectivity index (χ1v) is 6.87. The number of nitrogens with zero attached hydrogens (tertiary/aromatic N) is 1. The van der Waals surface area contributed by atoms with E-state index in [1.54, 1.807) is 14.2 Å². The molecule has 1 saturated heterocycles. The third kappa shape index (κ3) is 3.69. The van der Waals surface area contributed by atoms with Crippen molar-refractivity contribution in [1.29, 1.82) is 0 Å². The summed E-state index contributed by atoms with van der Waals surface area (Å²) in [6.45, 7) is 3.68. The van der Waals surface area contributed by atoms with Crippen LogP contribution in [-0.2, 0) is 17.8 Å². The molecule has 0 saturated carbocycles. The number of methoxy groups -OCH3 is 2.